The van der Waals surface area contributed by atoms with E-state index in [2.05, 4.69) is 16.0 Å². The second kappa shape index (κ2) is 10.8. The Morgan fingerprint density at radius 3 is 2.50 bits per heavy atom. The first-order valence-electron chi connectivity index (χ1n) is 12.6. The lowest BCUT2D eigenvalue weighted by Gasteiger charge is -2.37. The SMILES string of the molecule is COc1ccc(NC(=O)Nc2ccc3c(c2)[C@@H]2C[C@@H](CC(=O)NC4CCCC4)O[C@@H](CO)[C@@H]2O3)cc1. The van der Waals surface area contributed by atoms with E-state index in [1.807, 2.05) is 12.1 Å². The fraction of sp³-hybridized carbons (Fsp3) is 0.481. The Bertz CT molecular complexity index is 1090. The van der Waals surface area contributed by atoms with Gasteiger partial charge in [-0.2, -0.15) is 0 Å². The maximum absolute atomic E-state index is 12.6. The zero-order valence-electron chi connectivity index (χ0n) is 20.4. The number of anilines is 2. The van der Waals surface area contributed by atoms with Gasteiger partial charge in [0.2, 0.25) is 5.91 Å². The summed E-state index contributed by atoms with van der Waals surface area (Å²) in [6, 6.07) is 12.5. The maximum Gasteiger partial charge on any atom is 0.323 e. The van der Waals surface area contributed by atoms with Gasteiger partial charge in [-0.05, 0) is 61.7 Å². The van der Waals surface area contributed by atoms with Crippen molar-refractivity contribution in [2.45, 2.75) is 68.8 Å². The zero-order chi connectivity index (χ0) is 25.1. The number of benzene rings is 2. The first kappa shape index (κ1) is 24.4. The highest BCUT2D eigenvalue weighted by molar-refractivity contribution is 5.99. The first-order chi connectivity index (χ1) is 17.5. The second-order valence-electron chi connectivity index (χ2n) is 9.72. The smallest absolute Gasteiger partial charge is 0.323 e. The van der Waals surface area contributed by atoms with Crippen LogP contribution in [0, 0.1) is 0 Å². The van der Waals surface area contributed by atoms with E-state index in [0.29, 0.717) is 29.3 Å². The van der Waals surface area contributed by atoms with Crippen molar-refractivity contribution in [3.63, 3.8) is 0 Å². The van der Waals surface area contributed by atoms with Gasteiger partial charge in [-0.3, -0.25) is 4.79 Å². The van der Waals surface area contributed by atoms with Crippen LogP contribution in [0.1, 0.15) is 50.0 Å². The molecule has 36 heavy (non-hydrogen) atoms. The van der Waals surface area contributed by atoms with Gasteiger partial charge in [0.05, 0.1) is 26.2 Å². The molecule has 0 spiro atoms. The summed E-state index contributed by atoms with van der Waals surface area (Å²) in [5, 5.41) is 18.8. The highest BCUT2D eigenvalue weighted by Crippen LogP contribution is 2.47. The van der Waals surface area contributed by atoms with Crippen molar-refractivity contribution in [1.82, 2.24) is 5.32 Å². The van der Waals surface area contributed by atoms with Crippen LogP contribution in [0.15, 0.2) is 42.5 Å². The highest BCUT2D eigenvalue weighted by Gasteiger charge is 2.46. The monoisotopic (exact) mass is 495 g/mol. The van der Waals surface area contributed by atoms with Crippen molar-refractivity contribution in [3.05, 3.63) is 48.0 Å². The lowest BCUT2D eigenvalue weighted by Crippen LogP contribution is -2.47. The molecule has 4 atom stereocenters. The van der Waals surface area contributed by atoms with Crippen LogP contribution in [0.5, 0.6) is 11.5 Å². The molecular weight excluding hydrogens is 462 g/mol. The molecule has 0 radical (unpaired) electrons. The number of hydrogen-bond acceptors (Lipinski definition) is 6. The molecule has 5 rings (SSSR count). The van der Waals surface area contributed by atoms with Gasteiger partial charge in [-0.25, -0.2) is 4.79 Å². The van der Waals surface area contributed by atoms with Gasteiger partial charge >= 0.3 is 6.03 Å². The van der Waals surface area contributed by atoms with Crippen molar-refractivity contribution in [2.75, 3.05) is 24.4 Å². The van der Waals surface area contributed by atoms with Crippen molar-refractivity contribution >= 4 is 23.3 Å². The molecular formula is C27H33N3O6. The van der Waals surface area contributed by atoms with E-state index in [0.717, 1.165) is 31.2 Å². The number of amides is 3. The largest absolute Gasteiger partial charge is 0.497 e. The van der Waals surface area contributed by atoms with Gasteiger partial charge in [0.1, 0.15) is 23.7 Å². The number of hydrogen-bond donors (Lipinski definition) is 4. The quantitative estimate of drug-likeness (QED) is 0.464. The summed E-state index contributed by atoms with van der Waals surface area (Å²) in [7, 11) is 1.59. The van der Waals surface area contributed by atoms with Crippen molar-refractivity contribution in [3.8, 4) is 11.5 Å². The van der Waals surface area contributed by atoms with Gasteiger partial charge in [-0.15, -0.1) is 0 Å². The Hall–Kier alpha value is -3.30. The lowest BCUT2D eigenvalue weighted by molar-refractivity contribution is -0.142. The Labute approximate surface area is 210 Å². The van der Waals surface area contributed by atoms with Gasteiger partial charge < -0.3 is 35.3 Å². The van der Waals surface area contributed by atoms with Crippen LogP contribution in [0.2, 0.25) is 0 Å². The van der Waals surface area contributed by atoms with Crippen LogP contribution in [-0.2, 0) is 9.53 Å². The van der Waals surface area contributed by atoms with Crippen LogP contribution < -0.4 is 25.4 Å². The van der Waals surface area contributed by atoms with Gasteiger partial charge in [-0.1, -0.05) is 12.8 Å². The molecule has 1 saturated carbocycles. The normalized spacial score (nSPS) is 24.8. The van der Waals surface area contributed by atoms with Gasteiger partial charge in [0.25, 0.3) is 0 Å². The molecule has 1 saturated heterocycles. The molecule has 0 bridgehead atoms. The maximum atomic E-state index is 12.6. The average Bonchev–Trinajstić information content (AvgIpc) is 3.51. The van der Waals surface area contributed by atoms with E-state index < -0.39 is 6.10 Å². The van der Waals surface area contributed by atoms with Crippen LogP contribution in [0.3, 0.4) is 0 Å². The average molecular weight is 496 g/mol. The van der Waals surface area contributed by atoms with E-state index in [1.54, 1.807) is 37.4 Å². The molecule has 3 amide bonds. The molecule has 1 aliphatic carbocycles. The van der Waals surface area contributed by atoms with Crippen LogP contribution in [-0.4, -0.2) is 55.1 Å². The lowest BCUT2D eigenvalue weighted by atomic mass is 9.84. The first-order valence-corrected chi connectivity index (χ1v) is 12.6. The van der Waals surface area contributed by atoms with Crippen LogP contribution in [0.4, 0.5) is 16.2 Å². The molecule has 9 nitrogen and oxygen atoms in total. The van der Waals surface area contributed by atoms with E-state index in [1.165, 1.54) is 0 Å². The topological polar surface area (TPSA) is 118 Å². The number of rotatable bonds is 7. The molecule has 0 aromatic heterocycles. The summed E-state index contributed by atoms with van der Waals surface area (Å²) in [6.07, 6.45) is 4.08. The predicted octanol–water partition coefficient (Wildman–Crippen LogP) is 3.78. The predicted molar refractivity (Wildman–Crippen MR) is 135 cm³/mol. The summed E-state index contributed by atoms with van der Waals surface area (Å²) >= 11 is 0. The molecule has 2 aromatic carbocycles. The summed E-state index contributed by atoms with van der Waals surface area (Å²) < 4.78 is 17.3. The van der Waals surface area contributed by atoms with E-state index in [-0.39, 0.29) is 49.1 Å². The molecule has 2 fully saturated rings. The summed E-state index contributed by atoms with van der Waals surface area (Å²) in [5.74, 6) is 1.37. The number of ether oxygens (including phenoxy) is 3. The number of aliphatic hydroxyl groups excluding tert-OH is 1. The molecule has 0 unspecified atom stereocenters. The zero-order valence-corrected chi connectivity index (χ0v) is 20.4. The number of fused-ring (bicyclic) bond motifs is 3. The molecule has 9 heteroatoms. The number of carbonyl (C=O) groups excluding carboxylic acids is 2. The van der Waals surface area contributed by atoms with E-state index in [4.69, 9.17) is 14.2 Å². The number of carbonyl (C=O) groups is 2. The highest BCUT2D eigenvalue weighted by atomic mass is 16.6. The Balaban J connectivity index is 1.24. The Morgan fingerprint density at radius 1 is 1.06 bits per heavy atom. The number of aliphatic hydroxyl groups is 1. The molecule has 3 aliphatic rings. The van der Waals surface area contributed by atoms with Crippen molar-refractivity contribution in [2.24, 2.45) is 0 Å². The molecule has 192 valence electrons. The standard InChI is InChI=1S/C27H33N3O6/c1-34-19-9-6-17(7-10-19)29-27(33)30-18-8-11-23-21(12-18)22-13-20(35-24(15-31)26(22)36-23)14-25(32)28-16-4-2-3-5-16/h6-12,16,20,22,24,26,31H,2-5,13-15H2,1H3,(H,28,32)(H2,29,30,33)/t20-,22-,24-,26+/m0/s1. The third kappa shape index (κ3) is 5.42. The Morgan fingerprint density at radius 2 is 1.78 bits per heavy atom. The number of urea groups is 1. The molecule has 4 N–H and O–H groups in total. The van der Waals surface area contributed by atoms with E-state index >= 15 is 0 Å². The van der Waals surface area contributed by atoms with Crippen LogP contribution >= 0.6 is 0 Å². The fourth-order valence-corrected chi connectivity index (χ4v) is 5.50. The minimum Gasteiger partial charge on any atom is -0.497 e. The van der Waals surface area contributed by atoms with Crippen molar-refractivity contribution < 1.29 is 28.9 Å². The third-order valence-electron chi connectivity index (χ3n) is 7.24. The second-order valence-corrected chi connectivity index (χ2v) is 9.72. The summed E-state index contributed by atoms with van der Waals surface area (Å²) in [4.78, 5) is 25.2. The minimum atomic E-state index is -0.518. The number of nitrogens with one attached hydrogen (secondary N) is 3. The third-order valence-corrected chi connectivity index (χ3v) is 7.24. The van der Waals surface area contributed by atoms with Gasteiger partial charge in [0, 0.05) is 28.9 Å². The minimum absolute atomic E-state index is 0.00759. The van der Waals surface area contributed by atoms with Crippen LogP contribution in [0.25, 0.3) is 0 Å². The van der Waals surface area contributed by atoms with Gasteiger partial charge in [0.15, 0.2) is 0 Å². The Kier molecular flexibility index (Phi) is 7.29. The fourth-order valence-electron chi connectivity index (χ4n) is 5.50. The molecule has 2 aromatic rings. The van der Waals surface area contributed by atoms with E-state index in [9.17, 15) is 14.7 Å². The summed E-state index contributed by atoms with van der Waals surface area (Å²) in [5.41, 5.74) is 2.23. The molecule has 2 aliphatic heterocycles. The number of methoxy groups -OCH3 is 1. The molecule has 2 heterocycles. The van der Waals surface area contributed by atoms with Crippen molar-refractivity contribution in [1.29, 1.82) is 0 Å². The summed E-state index contributed by atoms with van der Waals surface area (Å²) in [6.45, 7) is -0.189.